The van der Waals surface area contributed by atoms with E-state index in [1.165, 1.54) is 10.8 Å². The Kier molecular flexibility index (Phi) is 4.02. The molecular formula is C11H16N2O5S. The van der Waals surface area contributed by atoms with Gasteiger partial charge in [-0.3, -0.25) is 18.6 Å². The van der Waals surface area contributed by atoms with Gasteiger partial charge in [0.05, 0.1) is 18.0 Å². The van der Waals surface area contributed by atoms with Crippen molar-refractivity contribution in [1.82, 2.24) is 9.55 Å². The van der Waals surface area contributed by atoms with Crippen molar-refractivity contribution in [2.75, 3.05) is 12.9 Å². The van der Waals surface area contributed by atoms with Crippen LogP contribution >= 0.6 is 0 Å². The van der Waals surface area contributed by atoms with Gasteiger partial charge in [-0.2, -0.15) is 0 Å². The zero-order chi connectivity index (χ0) is 14.2. The fourth-order valence-corrected chi connectivity index (χ4v) is 3.20. The molecule has 0 radical (unpaired) electrons. The van der Waals surface area contributed by atoms with Crippen LogP contribution in [0.3, 0.4) is 0 Å². The Balaban J connectivity index is 2.35. The molecule has 7 nitrogen and oxygen atoms in total. The van der Waals surface area contributed by atoms with Gasteiger partial charge in [-0.15, -0.1) is 0 Å². The molecule has 1 aromatic heterocycles. The minimum absolute atomic E-state index is 0.252. The number of hydrogen-bond donors (Lipinski definition) is 2. The molecule has 0 aliphatic carbocycles. The molecule has 2 N–H and O–H groups in total. The maximum atomic E-state index is 11.7. The van der Waals surface area contributed by atoms with E-state index >= 15 is 0 Å². The van der Waals surface area contributed by atoms with Crippen molar-refractivity contribution in [2.24, 2.45) is 0 Å². The number of nitrogens with zero attached hydrogens (tertiary/aromatic N) is 1. The number of nitrogens with one attached hydrogen (secondary N) is 1. The number of aromatic amines is 1. The van der Waals surface area contributed by atoms with Crippen LogP contribution < -0.4 is 11.2 Å². The highest BCUT2D eigenvalue weighted by molar-refractivity contribution is 7.85. The van der Waals surface area contributed by atoms with Gasteiger partial charge in [-0.25, -0.2) is 4.79 Å². The van der Waals surface area contributed by atoms with Crippen LogP contribution in [0.15, 0.2) is 15.8 Å². The van der Waals surface area contributed by atoms with E-state index in [0.29, 0.717) is 12.0 Å². The summed E-state index contributed by atoms with van der Waals surface area (Å²) in [5.41, 5.74) is -0.613. The molecule has 1 saturated heterocycles. The number of aliphatic hydroxyl groups excluding tert-OH is 1. The maximum Gasteiger partial charge on any atom is 0.330 e. The van der Waals surface area contributed by atoms with Gasteiger partial charge >= 0.3 is 5.69 Å². The highest BCUT2D eigenvalue weighted by Gasteiger charge is 2.38. The van der Waals surface area contributed by atoms with Crippen molar-refractivity contribution in [1.29, 1.82) is 0 Å². The number of ether oxygens (including phenoxy) is 1. The third-order valence-electron chi connectivity index (χ3n) is 3.24. The number of H-pyrrole nitrogens is 1. The molecule has 0 amide bonds. The molecule has 1 fully saturated rings. The van der Waals surface area contributed by atoms with E-state index in [-0.39, 0.29) is 11.9 Å². The standard InChI is InChI=1S/C11H16N2O5S/c1-6-4-13(11(16)12-10(6)15)9-3-8(19(2)17)7(5-14)18-9/h4,7-9,14H,3,5H2,1-2H3,(H,12,15,16)/t7-,8-,9-,19?/m1/s1. The van der Waals surface area contributed by atoms with Crippen molar-refractivity contribution in [3.8, 4) is 0 Å². The maximum absolute atomic E-state index is 11.7. The first kappa shape index (κ1) is 14.2. The van der Waals surface area contributed by atoms with E-state index in [1.54, 1.807) is 13.2 Å². The molecule has 19 heavy (non-hydrogen) atoms. The zero-order valence-electron chi connectivity index (χ0n) is 10.7. The molecule has 1 aromatic rings. The van der Waals surface area contributed by atoms with Crippen molar-refractivity contribution in [3.05, 3.63) is 32.6 Å². The molecule has 2 heterocycles. The SMILES string of the molecule is Cc1cn([C@H]2C[C@@H](S(C)=O)[C@@H](CO)O2)c(=O)[nH]c1=O. The van der Waals surface area contributed by atoms with Crippen molar-refractivity contribution >= 4 is 10.8 Å². The fraction of sp³-hybridized carbons (Fsp3) is 0.636. The fourth-order valence-electron chi connectivity index (χ4n) is 2.18. The second-order valence-corrected chi connectivity index (χ2v) is 6.17. The Morgan fingerprint density at radius 1 is 1.58 bits per heavy atom. The summed E-state index contributed by atoms with van der Waals surface area (Å²) in [6.07, 6.45) is 2.14. The molecule has 0 spiro atoms. The molecule has 1 unspecified atom stereocenters. The minimum Gasteiger partial charge on any atom is -0.394 e. The molecule has 1 aliphatic rings. The monoisotopic (exact) mass is 288 g/mol. The van der Waals surface area contributed by atoms with Gasteiger partial charge in [0.2, 0.25) is 0 Å². The van der Waals surface area contributed by atoms with Gasteiger partial charge in [0.15, 0.2) is 0 Å². The van der Waals surface area contributed by atoms with Gasteiger partial charge in [-0.05, 0) is 6.92 Å². The molecule has 1 aliphatic heterocycles. The lowest BCUT2D eigenvalue weighted by Crippen LogP contribution is -2.33. The molecule has 106 valence electrons. The number of aromatic nitrogens is 2. The minimum atomic E-state index is -1.15. The van der Waals surface area contributed by atoms with E-state index in [4.69, 9.17) is 4.74 Å². The third-order valence-corrected chi connectivity index (χ3v) is 4.59. The lowest BCUT2D eigenvalue weighted by atomic mass is 10.2. The van der Waals surface area contributed by atoms with Crippen LogP contribution in [-0.4, -0.2) is 43.1 Å². The summed E-state index contributed by atoms with van der Waals surface area (Å²) < 4.78 is 18.4. The predicted molar refractivity (Wildman–Crippen MR) is 69.5 cm³/mol. The third kappa shape index (κ3) is 2.70. The normalized spacial score (nSPS) is 28.5. The smallest absolute Gasteiger partial charge is 0.330 e. The van der Waals surface area contributed by atoms with Gasteiger partial charge in [0.1, 0.15) is 6.23 Å². The second kappa shape index (κ2) is 5.40. The molecule has 0 aromatic carbocycles. The van der Waals surface area contributed by atoms with Gasteiger partial charge in [-0.1, -0.05) is 0 Å². The first-order valence-corrected chi connectivity index (χ1v) is 7.46. The summed E-state index contributed by atoms with van der Waals surface area (Å²) in [5, 5.41) is 8.89. The molecule has 2 rings (SSSR count). The summed E-state index contributed by atoms with van der Waals surface area (Å²) in [6.45, 7) is 1.33. The quantitative estimate of drug-likeness (QED) is 0.733. The highest BCUT2D eigenvalue weighted by atomic mass is 32.2. The van der Waals surface area contributed by atoms with Crippen LogP contribution in [0.1, 0.15) is 18.2 Å². The average Bonchev–Trinajstić information content (AvgIpc) is 2.77. The van der Waals surface area contributed by atoms with Crippen LogP contribution in [0, 0.1) is 6.92 Å². The number of hydrogen-bond acceptors (Lipinski definition) is 5. The first-order chi connectivity index (χ1) is 8.93. The van der Waals surface area contributed by atoms with E-state index in [9.17, 15) is 18.9 Å². The molecule has 4 atom stereocenters. The Morgan fingerprint density at radius 3 is 2.79 bits per heavy atom. The Bertz CT molecular complexity index is 608. The molecule has 0 bridgehead atoms. The summed E-state index contributed by atoms with van der Waals surface area (Å²) in [6, 6.07) is 0. The summed E-state index contributed by atoms with van der Waals surface area (Å²) in [4.78, 5) is 25.2. The van der Waals surface area contributed by atoms with E-state index in [2.05, 4.69) is 4.98 Å². The number of aliphatic hydroxyl groups is 1. The van der Waals surface area contributed by atoms with Gasteiger partial charge in [0.25, 0.3) is 5.56 Å². The van der Waals surface area contributed by atoms with Crippen LogP contribution in [0.5, 0.6) is 0 Å². The van der Waals surface area contributed by atoms with E-state index < -0.39 is 34.4 Å². The lowest BCUT2D eigenvalue weighted by molar-refractivity contribution is -0.0240. The molecular weight excluding hydrogens is 272 g/mol. The summed E-state index contributed by atoms with van der Waals surface area (Å²) >= 11 is 0. The zero-order valence-corrected chi connectivity index (χ0v) is 11.5. The van der Waals surface area contributed by atoms with Gasteiger partial charge < -0.3 is 9.84 Å². The van der Waals surface area contributed by atoms with Crippen molar-refractivity contribution in [3.63, 3.8) is 0 Å². The van der Waals surface area contributed by atoms with E-state index in [1.807, 2.05) is 0 Å². The Hall–Kier alpha value is -1.25. The van der Waals surface area contributed by atoms with Crippen LogP contribution in [0.4, 0.5) is 0 Å². The van der Waals surface area contributed by atoms with E-state index in [0.717, 1.165) is 0 Å². The van der Waals surface area contributed by atoms with Crippen LogP contribution in [-0.2, 0) is 15.5 Å². The van der Waals surface area contributed by atoms with Crippen LogP contribution in [0.25, 0.3) is 0 Å². The number of aryl methyl sites for hydroxylation is 1. The van der Waals surface area contributed by atoms with Crippen LogP contribution in [0.2, 0.25) is 0 Å². The average molecular weight is 288 g/mol. The lowest BCUT2D eigenvalue weighted by Gasteiger charge is -2.14. The van der Waals surface area contributed by atoms with Gasteiger partial charge in [0, 0.05) is 35.2 Å². The Morgan fingerprint density at radius 2 is 2.26 bits per heavy atom. The Labute approximate surface area is 111 Å². The topological polar surface area (TPSA) is 101 Å². The summed E-state index contributed by atoms with van der Waals surface area (Å²) in [7, 11) is -1.15. The highest BCUT2D eigenvalue weighted by Crippen LogP contribution is 2.30. The second-order valence-electron chi connectivity index (χ2n) is 4.56. The van der Waals surface area contributed by atoms with Crippen molar-refractivity contribution < 1.29 is 14.1 Å². The van der Waals surface area contributed by atoms with Crippen molar-refractivity contribution in [2.45, 2.75) is 30.9 Å². The molecule has 0 saturated carbocycles. The first-order valence-electron chi connectivity index (χ1n) is 5.84. The molecule has 8 heteroatoms. The number of rotatable bonds is 3. The summed E-state index contributed by atoms with van der Waals surface area (Å²) in [5.74, 6) is 0. The predicted octanol–water partition coefficient (Wildman–Crippen LogP) is -1.13. The largest absolute Gasteiger partial charge is 0.394 e.